The number of ether oxygens (including phenoxy) is 6. The first-order valence-electron chi connectivity index (χ1n) is 30.7. The predicted octanol–water partition coefficient (Wildman–Crippen LogP) is 16.7. The molecule has 4 aromatic rings. The molecule has 0 saturated carbocycles. The lowest BCUT2D eigenvalue weighted by Gasteiger charge is -2.21. The predicted molar refractivity (Wildman–Crippen MR) is 367 cm³/mol. The molecule has 0 spiro atoms. The highest BCUT2D eigenvalue weighted by Crippen LogP contribution is 2.34. The number of aldehydes is 1. The monoisotopic (exact) mass is 1340 g/mol. The zero-order valence-electron chi connectivity index (χ0n) is 55.0. The third-order valence-corrected chi connectivity index (χ3v) is 17.5. The molecule has 2 heterocycles. The number of carbonyl (C=O) groups excluding carboxylic acids is 3. The van der Waals surface area contributed by atoms with Gasteiger partial charge in [0.2, 0.25) is 0 Å². The molecule has 10 nitrogen and oxygen atoms in total. The number of carbonyl (C=O) groups is 3. The van der Waals surface area contributed by atoms with E-state index in [0.29, 0.717) is 46.1 Å². The minimum atomic E-state index is -1.41. The van der Waals surface area contributed by atoms with Crippen molar-refractivity contribution in [3.8, 4) is 11.8 Å². The first-order valence-corrected chi connectivity index (χ1v) is 39.9. The summed E-state index contributed by atoms with van der Waals surface area (Å²) in [5.74, 6) is 6.73. The van der Waals surface area contributed by atoms with Crippen molar-refractivity contribution in [1.29, 1.82) is 0 Å². The molecule has 472 valence electrons. The van der Waals surface area contributed by atoms with E-state index in [9.17, 15) is 19.5 Å². The standard InChI is InChI=1S/C36H50O5Si.C23H34O5Si.C13H18Br2/c1-25(2)29(22-28-14-11-10-12-15-28)18-19-31(37)35-33(40-36(5,6)41-35)17-13-16-30-21-26(3)20-27(4)34(30)32(38)23-39-24-42(7,8)9;1-16-11-17(2)22(19(25)14-26-15-29(5,6)7)18(12-16)9-8-10-20-21(13-24)28-23(3,4)27-20;1-10(2)12(9-13(14)15)8-11-6-4-3-5-7-11/h10-16,20-21,25,29,31,33,35,37H,17,22-24H2,1-9H3;8-9,11-13,20-21H,10,14-15H2,1-7H3;3-7,10,12-13H,8-9H2,1-2H3/b16-13+;9-8+;/t29-,31?,33-,35+;20-,21+;12-/m001/s1. The molecule has 14 heteroatoms. The van der Waals surface area contributed by atoms with Crippen LogP contribution in [0.5, 0.6) is 0 Å². The number of benzene rings is 4. The van der Waals surface area contributed by atoms with E-state index in [-0.39, 0.29) is 42.9 Å². The second kappa shape index (κ2) is 34.9. The van der Waals surface area contributed by atoms with Crippen molar-refractivity contribution in [3.63, 3.8) is 0 Å². The van der Waals surface area contributed by atoms with E-state index in [1.807, 2.05) is 108 Å². The average Bonchev–Trinajstić information content (AvgIpc) is 1.91. The van der Waals surface area contributed by atoms with Gasteiger partial charge in [-0.1, -0.05) is 231 Å². The summed E-state index contributed by atoms with van der Waals surface area (Å²) < 4.78 is 35.7. The number of ketones is 2. The van der Waals surface area contributed by atoms with Gasteiger partial charge >= 0.3 is 0 Å². The molecular weight excluding hydrogens is 1240 g/mol. The van der Waals surface area contributed by atoms with Crippen LogP contribution in [0.2, 0.25) is 39.3 Å². The van der Waals surface area contributed by atoms with Crippen LogP contribution in [0, 0.1) is 63.2 Å². The summed E-state index contributed by atoms with van der Waals surface area (Å²) in [6, 6.07) is 29.1. The quantitative estimate of drug-likeness (QED) is 0.0213. The second-order valence-corrected chi connectivity index (χ2v) is 41.6. The maximum Gasteiger partial charge on any atom is 0.189 e. The van der Waals surface area contributed by atoms with Gasteiger partial charge in [0.15, 0.2) is 29.4 Å². The van der Waals surface area contributed by atoms with Gasteiger partial charge in [-0.25, -0.2) is 0 Å². The van der Waals surface area contributed by atoms with Gasteiger partial charge < -0.3 is 38.3 Å². The van der Waals surface area contributed by atoms with E-state index in [0.717, 1.165) is 57.9 Å². The van der Waals surface area contributed by atoms with E-state index >= 15 is 0 Å². The highest BCUT2D eigenvalue weighted by Gasteiger charge is 2.44. The molecule has 1 unspecified atom stereocenters. The Morgan fingerprint density at radius 1 is 0.628 bits per heavy atom. The lowest BCUT2D eigenvalue weighted by atomic mass is 9.87. The highest BCUT2D eigenvalue weighted by atomic mass is 79.9. The Kier molecular flexibility index (Phi) is 30.2. The molecule has 86 heavy (non-hydrogen) atoms. The van der Waals surface area contributed by atoms with Crippen LogP contribution in [-0.2, 0) is 46.1 Å². The molecule has 4 aromatic carbocycles. The van der Waals surface area contributed by atoms with E-state index in [1.165, 1.54) is 24.0 Å². The summed E-state index contributed by atoms with van der Waals surface area (Å²) >= 11 is 7.15. The Morgan fingerprint density at radius 3 is 1.50 bits per heavy atom. The van der Waals surface area contributed by atoms with Crippen LogP contribution in [0.1, 0.15) is 140 Å². The first-order chi connectivity index (χ1) is 40.2. The zero-order chi connectivity index (χ0) is 64.2. The van der Waals surface area contributed by atoms with Crippen LogP contribution in [0.25, 0.3) is 12.2 Å². The van der Waals surface area contributed by atoms with Crippen molar-refractivity contribution in [3.05, 3.63) is 153 Å². The number of aliphatic hydroxyl groups is 1. The van der Waals surface area contributed by atoms with Crippen LogP contribution in [0.4, 0.5) is 0 Å². The van der Waals surface area contributed by atoms with Crippen LogP contribution < -0.4 is 0 Å². The van der Waals surface area contributed by atoms with Gasteiger partial charge in [-0.05, 0) is 139 Å². The normalized spacial score (nSPS) is 19.4. The topological polar surface area (TPSA) is 127 Å². The van der Waals surface area contributed by atoms with E-state index in [4.69, 9.17) is 28.4 Å². The number of aliphatic hydroxyl groups excluding tert-OH is 1. The van der Waals surface area contributed by atoms with Gasteiger partial charge in [-0.3, -0.25) is 9.59 Å². The molecule has 2 aliphatic rings. The van der Waals surface area contributed by atoms with Crippen molar-refractivity contribution in [1.82, 2.24) is 0 Å². The van der Waals surface area contributed by atoms with Gasteiger partial charge in [0.05, 0.1) is 32.1 Å². The number of hydrogen-bond donors (Lipinski definition) is 1. The first kappa shape index (κ1) is 74.5. The second-order valence-electron chi connectivity index (χ2n) is 27.3. The minimum Gasteiger partial charge on any atom is -0.378 e. The van der Waals surface area contributed by atoms with Crippen LogP contribution in [0.3, 0.4) is 0 Å². The smallest absolute Gasteiger partial charge is 0.189 e. The fraction of sp³-hybridized carbons (Fsp3) is 0.542. The van der Waals surface area contributed by atoms with Crippen LogP contribution in [0.15, 0.2) is 97.1 Å². The zero-order valence-corrected chi connectivity index (χ0v) is 60.2. The Bertz CT molecular complexity index is 2890. The molecule has 2 aliphatic heterocycles. The Hall–Kier alpha value is -3.96. The molecular formula is C72H102Br2O10Si2. The lowest BCUT2D eigenvalue weighted by Crippen LogP contribution is -2.34. The fourth-order valence-corrected chi connectivity index (χ4v) is 12.9. The molecule has 0 aromatic heterocycles. The van der Waals surface area contributed by atoms with Crippen LogP contribution in [-0.4, -0.2) is 111 Å². The van der Waals surface area contributed by atoms with Gasteiger partial charge in [-0.15, -0.1) is 0 Å². The summed E-state index contributed by atoms with van der Waals surface area (Å²) in [5, 5.41) is 11.1. The van der Waals surface area contributed by atoms with Gasteiger partial charge in [-0.2, -0.15) is 0 Å². The summed E-state index contributed by atoms with van der Waals surface area (Å²) in [6.07, 6.45) is 11.3. The number of alkyl halides is 2. The molecule has 0 radical (unpaired) electrons. The third-order valence-electron chi connectivity index (χ3n) is 14.6. The van der Waals surface area contributed by atoms with E-state index in [2.05, 4.69) is 153 Å². The van der Waals surface area contributed by atoms with Crippen molar-refractivity contribution >= 4 is 78.0 Å². The summed E-state index contributed by atoms with van der Waals surface area (Å²) in [4.78, 5) is 37.3. The maximum absolute atomic E-state index is 13.2. The molecule has 2 fully saturated rings. The Balaban J connectivity index is 0.000000309. The molecule has 6 rings (SSSR count). The van der Waals surface area contributed by atoms with Crippen molar-refractivity contribution in [2.45, 2.75) is 200 Å². The number of Topliss-reactive ketones (excluding diaryl/α,β-unsaturated/α-hetero) is 2. The van der Waals surface area contributed by atoms with Crippen molar-refractivity contribution < 1.29 is 47.9 Å². The fourth-order valence-electron chi connectivity index (χ4n) is 10.5. The third kappa shape index (κ3) is 26.6. The molecule has 2 saturated heterocycles. The van der Waals surface area contributed by atoms with E-state index in [1.54, 1.807) is 13.8 Å². The number of rotatable bonds is 26. The lowest BCUT2D eigenvalue weighted by molar-refractivity contribution is -0.151. The van der Waals surface area contributed by atoms with Crippen molar-refractivity contribution in [2.75, 3.05) is 25.7 Å². The van der Waals surface area contributed by atoms with E-state index < -0.39 is 46.0 Å². The van der Waals surface area contributed by atoms with Crippen molar-refractivity contribution in [2.24, 2.45) is 23.7 Å². The maximum atomic E-state index is 13.2. The minimum absolute atomic E-state index is 0.00671. The number of aryl methyl sites for hydroxylation is 4. The molecule has 0 amide bonds. The molecule has 7 atom stereocenters. The highest BCUT2D eigenvalue weighted by molar-refractivity contribution is 9.24. The van der Waals surface area contributed by atoms with Gasteiger partial charge in [0.25, 0.3) is 0 Å². The molecule has 0 aliphatic carbocycles. The number of halogens is 2. The molecule has 0 bridgehead atoms. The van der Waals surface area contributed by atoms with Crippen LogP contribution >= 0.6 is 31.9 Å². The summed E-state index contributed by atoms with van der Waals surface area (Å²) in [6.45, 7) is 37.7. The van der Waals surface area contributed by atoms with Gasteiger partial charge in [0, 0.05) is 29.5 Å². The average molecular weight is 1340 g/mol. The summed E-state index contributed by atoms with van der Waals surface area (Å²) in [7, 11) is -2.77. The molecule has 1 N–H and O–H groups in total. The Morgan fingerprint density at radius 2 is 1.07 bits per heavy atom. The Labute approximate surface area is 536 Å². The SMILES string of the molecule is CC(C)[C@H](Cc1ccccc1)CC(Br)Br.Cc1cc(C)c(C(=O)COC[Si](C)(C)C)c(/C=C/C[C@@H]2OC(C)(C)O[C@@H]2C(O)C#C[C@@H](Cc2ccccc2)C(C)C)c1.Cc1cc(C)c(C(=O)COC[Si](C)(C)C)c(/C=C/C[C@@H]2OC(C)(C)O[C@@H]2C=O)c1. The summed E-state index contributed by atoms with van der Waals surface area (Å²) in [5.41, 5.74) is 9.86. The largest absolute Gasteiger partial charge is 0.378 e. The van der Waals surface area contributed by atoms with Gasteiger partial charge in [0.1, 0.15) is 31.5 Å². The number of hydrogen-bond acceptors (Lipinski definition) is 10.